The minimum Gasteiger partial charge on any atom is -0.279 e. The number of hydrogen-bond donors (Lipinski definition) is 1. The molecule has 1 aromatic heterocycles. The topological polar surface area (TPSA) is 46.2 Å². The fourth-order valence-corrected chi connectivity index (χ4v) is 4.21. The van der Waals surface area contributed by atoms with Crippen molar-refractivity contribution in [1.82, 2.24) is 0 Å². The van der Waals surface area contributed by atoms with Crippen LogP contribution in [0.15, 0.2) is 40.6 Å². The lowest BCUT2D eigenvalue weighted by molar-refractivity contribution is -0.133. The van der Waals surface area contributed by atoms with Gasteiger partial charge in [-0.3, -0.25) is 4.72 Å². The first-order valence-electron chi connectivity index (χ1n) is 6.09. The molecule has 3 nitrogen and oxygen atoms in total. The smallest absolute Gasteiger partial charge is 0.279 e. The van der Waals surface area contributed by atoms with Gasteiger partial charge in [-0.1, -0.05) is 23.7 Å². The SMILES string of the molecule is O=S(=O)(Nc1ccc(CCC(F)(F)F)cc1)c1ccc(Cl)s1. The van der Waals surface area contributed by atoms with Gasteiger partial charge in [0.15, 0.2) is 0 Å². The Kier molecular flexibility index (Phi) is 5.03. The second-order valence-corrected chi connectivity index (χ2v) is 8.10. The van der Waals surface area contributed by atoms with Crippen molar-refractivity contribution >= 4 is 38.6 Å². The van der Waals surface area contributed by atoms with Gasteiger partial charge in [0, 0.05) is 12.1 Å². The maximum atomic E-state index is 12.1. The van der Waals surface area contributed by atoms with E-state index >= 15 is 0 Å². The second kappa shape index (κ2) is 6.47. The molecule has 0 radical (unpaired) electrons. The molecule has 0 fully saturated rings. The summed E-state index contributed by atoms with van der Waals surface area (Å²) in [6.45, 7) is 0. The van der Waals surface area contributed by atoms with Gasteiger partial charge in [0.1, 0.15) is 4.21 Å². The summed E-state index contributed by atoms with van der Waals surface area (Å²) in [6.07, 6.45) is -5.26. The fraction of sp³-hybridized carbons (Fsp3) is 0.231. The maximum absolute atomic E-state index is 12.1. The number of nitrogens with one attached hydrogen (secondary N) is 1. The molecule has 9 heteroatoms. The molecule has 0 amide bonds. The summed E-state index contributed by atoms with van der Waals surface area (Å²) in [5, 5.41) is 0. The predicted octanol–water partition coefficient (Wildman–Crippen LogP) is 4.70. The largest absolute Gasteiger partial charge is 0.389 e. The molecule has 0 atom stereocenters. The number of rotatable bonds is 5. The van der Waals surface area contributed by atoms with Crippen LogP contribution in [0, 0.1) is 0 Å². The zero-order chi connectivity index (χ0) is 16.4. The van der Waals surface area contributed by atoms with E-state index in [1.807, 2.05) is 0 Å². The molecule has 0 aliphatic heterocycles. The molecule has 22 heavy (non-hydrogen) atoms. The third kappa shape index (κ3) is 4.89. The normalized spacial score (nSPS) is 12.4. The van der Waals surface area contributed by atoms with Crippen LogP contribution in [0.4, 0.5) is 18.9 Å². The molecule has 2 aromatic rings. The monoisotopic (exact) mass is 369 g/mol. The summed E-state index contributed by atoms with van der Waals surface area (Å²) in [7, 11) is -3.74. The first-order chi connectivity index (χ1) is 10.2. The number of sulfonamides is 1. The van der Waals surface area contributed by atoms with E-state index in [9.17, 15) is 21.6 Å². The van der Waals surface area contributed by atoms with Crippen LogP contribution in [0.3, 0.4) is 0 Å². The second-order valence-electron chi connectivity index (χ2n) is 4.48. The van der Waals surface area contributed by atoms with Crippen LogP contribution in [0.5, 0.6) is 0 Å². The Morgan fingerprint density at radius 3 is 2.23 bits per heavy atom. The third-order valence-corrected chi connectivity index (χ3v) is 5.82. The number of hydrogen-bond acceptors (Lipinski definition) is 3. The number of anilines is 1. The number of halogens is 4. The molecular formula is C13H11ClF3NO2S2. The Morgan fingerprint density at radius 1 is 1.09 bits per heavy atom. The van der Waals surface area contributed by atoms with Crippen molar-refractivity contribution in [3.8, 4) is 0 Å². The average molecular weight is 370 g/mol. The Hall–Kier alpha value is -1.25. The van der Waals surface area contributed by atoms with Gasteiger partial charge < -0.3 is 0 Å². The van der Waals surface area contributed by atoms with Crippen LogP contribution in [0.2, 0.25) is 4.34 Å². The van der Waals surface area contributed by atoms with E-state index in [1.165, 1.54) is 36.4 Å². The van der Waals surface area contributed by atoms with E-state index in [-0.39, 0.29) is 16.3 Å². The number of aryl methyl sites for hydroxylation is 1. The minimum absolute atomic E-state index is 0.0682. The van der Waals surface area contributed by atoms with Crippen molar-refractivity contribution in [1.29, 1.82) is 0 Å². The predicted molar refractivity (Wildman–Crippen MR) is 81.0 cm³/mol. The standard InChI is InChI=1S/C13H11ClF3NO2S2/c14-11-5-6-12(21-11)22(19,20)18-10-3-1-9(2-4-10)7-8-13(15,16)17/h1-6,18H,7-8H2. The molecular weight excluding hydrogens is 359 g/mol. The van der Waals surface area contributed by atoms with E-state index in [1.54, 1.807) is 0 Å². The zero-order valence-electron chi connectivity index (χ0n) is 11.0. The summed E-state index contributed by atoms with van der Waals surface area (Å²) in [6, 6.07) is 8.64. The Bertz CT molecular complexity index is 739. The first-order valence-corrected chi connectivity index (χ1v) is 8.77. The Morgan fingerprint density at radius 2 is 1.73 bits per heavy atom. The van der Waals surface area contributed by atoms with Crippen molar-refractivity contribution in [2.45, 2.75) is 23.2 Å². The zero-order valence-corrected chi connectivity index (χ0v) is 13.4. The van der Waals surface area contributed by atoms with Gasteiger partial charge >= 0.3 is 6.18 Å². The van der Waals surface area contributed by atoms with Gasteiger partial charge in [-0.15, -0.1) is 11.3 Å². The number of benzene rings is 1. The highest BCUT2D eigenvalue weighted by Gasteiger charge is 2.26. The van der Waals surface area contributed by atoms with E-state index in [2.05, 4.69) is 4.72 Å². The molecule has 0 unspecified atom stereocenters. The van der Waals surface area contributed by atoms with Crippen molar-refractivity contribution in [2.24, 2.45) is 0 Å². The van der Waals surface area contributed by atoms with Crippen molar-refractivity contribution in [3.05, 3.63) is 46.3 Å². The molecule has 0 saturated heterocycles. The summed E-state index contributed by atoms with van der Waals surface area (Å²) in [5.74, 6) is 0. The highest BCUT2D eigenvalue weighted by molar-refractivity contribution is 7.94. The lowest BCUT2D eigenvalue weighted by atomic mass is 10.1. The average Bonchev–Trinajstić information content (AvgIpc) is 2.84. The van der Waals surface area contributed by atoms with Gasteiger partial charge in [-0.05, 0) is 36.2 Å². The maximum Gasteiger partial charge on any atom is 0.389 e. The van der Waals surface area contributed by atoms with Crippen LogP contribution in [-0.2, 0) is 16.4 Å². The summed E-state index contributed by atoms with van der Waals surface area (Å²) >= 11 is 6.61. The number of alkyl halides is 3. The van der Waals surface area contributed by atoms with Gasteiger partial charge in [0.05, 0.1) is 4.34 Å². The summed E-state index contributed by atoms with van der Waals surface area (Å²) < 4.78 is 63.3. The van der Waals surface area contributed by atoms with Crippen LogP contribution < -0.4 is 4.72 Å². The van der Waals surface area contributed by atoms with Crippen LogP contribution in [0.1, 0.15) is 12.0 Å². The molecule has 0 aliphatic rings. The van der Waals surface area contributed by atoms with Crippen molar-refractivity contribution in [3.63, 3.8) is 0 Å². The van der Waals surface area contributed by atoms with Gasteiger partial charge in [0.25, 0.3) is 10.0 Å². The molecule has 1 aromatic carbocycles. The van der Waals surface area contributed by atoms with Crippen molar-refractivity contribution in [2.75, 3.05) is 4.72 Å². The Balaban J connectivity index is 2.05. The Labute approximate surface area is 134 Å². The molecule has 0 aliphatic carbocycles. The molecule has 2 rings (SSSR count). The molecule has 120 valence electrons. The highest BCUT2D eigenvalue weighted by Crippen LogP contribution is 2.27. The van der Waals surface area contributed by atoms with E-state index in [0.29, 0.717) is 9.90 Å². The minimum atomic E-state index is -4.21. The quantitative estimate of drug-likeness (QED) is 0.830. The van der Waals surface area contributed by atoms with Gasteiger partial charge in [-0.2, -0.15) is 13.2 Å². The third-order valence-electron chi connectivity index (χ3n) is 2.72. The van der Waals surface area contributed by atoms with Gasteiger partial charge in [-0.25, -0.2) is 8.42 Å². The van der Waals surface area contributed by atoms with E-state index < -0.39 is 22.6 Å². The molecule has 1 N–H and O–H groups in total. The van der Waals surface area contributed by atoms with Gasteiger partial charge in [0.2, 0.25) is 0 Å². The number of thiophene rings is 1. The van der Waals surface area contributed by atoms with Crippen molar-refractivity contribution < 1.29 is 21.6 Å². The van der Waals surface area contributed by atoms with E-state index in [0.717, 1.165) is 11.3 Å². The molecule has 0 bridgehead atoms. The van der Waals surface area contributed by atoms with Crippen LogP contribution >= 0.6 is 22.9 Å². The fourth-order valence-electron chi connectivity index (χ4n) is 1.67. The molecule has 0 spiro atoms. The first kappa shape index (κ1) is 17.1. The summed E-state index contributed by atoms with van der Waals surface area (Å²) in [4.78, 5) is 0. The van der Waals surface area contributed by atoms with E-state index in [4.69, 9.17) is 11.6 Å². The lowest BCUT2D eigenvalue weighted by Crippen LogP contribution is -2.11. The highest BCUT2D eigenvalue weighted by atomic mass is 35.5. The lowest BCUT2D eigenvalue weighted by Gasteiger charge is -2.08. The summed E-state index contributed by atoms with van der Waals surface area (Å²) in [5.41, 5.74) is 0.764. The van der Waals surface area contributed by atoms with Crippen LogP contribution in [-0.4, -0.2) is 14.6 Å². The van der Waals surface area contributed by atoms with Crippen LogP contribution in [0.25, 0.3) is 0 Å². The molecule has 1 heterocycles. The molecule has 0 saturated carbocycles.